The quantitative estimate of drug-likeness (QED) is 0.501. The fraction of sp³-hybridized carbons (Fsp3) is 0.217. The van der Waals surface area contributed by atoms with Crippen LogP contribution in [0, 0.1) is 0 Å². The number of nitrogens with zero attached hydrogens (tertiary/aromatic N) is 1. The summed E-state index contributed by atoms with van der Waals surface area (Å²) in [5.41, 5.74) is -2.60. The molecule has 1 amide bonds. The monoisotopic (exact) mass is 466 g/mol. The molecule has 0 spiro atoms. The minimum absolute atomic E-state index is 0.00253. The number of carbonyl (C=O) groups is 1. The lowest BCUT2D eigenvalue weighted by Crippen LogP contribution is -2.42. The van der Waals surface area contributed by atoms with Crippen molar-refractivity contribution >= 4 is 22.4 Å². The van der Waals surface area contributed by atoms with Crippen LogP contribution in [-0.2, 0) is 10.4 Å². The number of hydrogen-bond donors (Lipinski definition) is 1. The zero-order chi connectivity index (χ0) is 23.9. The lowest BCUT2D eigenvalue weighted by molar-refractivity contribution is -0.275. The van der Waals surface area contributed by atoms with Crippen LogP contribution in [0.2, 0.25) is 0 Å². The summed E-state index contributed by atoms with van der Waals surface area (Å²) in [5, 5.41) is 6.79. The van der Waals surface area contributed by atoms with Crippen LogP contribution in [0.25, 0.3) is 10.8 Å². The van der Waals surface area contributed by atoms with Crippen molar-refractivity contribution in [2.75, 3.05) is 6.54 Å². The molecule has 0 saturated heterocycles. The summed E-state index contributed by atoms with van der Waals surface area (Å²) in [7, 11) is 0. The SMILES string of the molecule is O=C(NCC(F)(F)F)c1ccc(C2=NOC(c3ccc4ccccc4c3)(C(F)(F)F)C2)cc1. The molecule has 0 radical (unpaired) electrons. The molecule has 3 aromatic carbocycles. The molecule has 33 heavy (non-hydrogen) atoms. The molecule has 4 rings (SSSR count). The van der Waals surface area contributed by atoms with Gasteiger partial charge in [-0.15, -0.1) is 0 Å². The topological polar surface area (TPSA) is 50.7 Å². The van der Waals surface area contributed by atoms with Gasteiger partial charge in [-0.05, 0) is 34.5 Å². The first-order chi connectivity index (χ1) is 15.5. The van der Waals surface area contributed by atoms with E-state index < -0.39 is 36.8 Å². The fourth-order valence-corrected chi connectivity index (χ4v) is 3.60. The second-order valence-corrected chi connectivity index (χ2v) is 7.57. The van der Waals surface area contributed by atoms with E-state index in [-0.39, 0.29) is 22.4 Å². The Morgan fingerprint density at radius 2 is 1.61 bits per heavy atom. The Hall–Kier alpha value is -3.56. The second-order valence-electron chi connectivity index (χ2n) is 7.57. The Labute approximate surface area is 183 Å². The van der Waals surface area contributed by atoms with Crippen LogP contribution in [0.3, 0.4) is 0 Å². The highest BCUT2D eigenvalue weighted by atomic mass is 19.4. The molecule has 1 aliphatic heterocycles. The maximum atomic E-state index is 14.2. The largest absolute Gasteiger partial charge is 0.435 e. The van der Waals surface area contributed by atoms with E-state index in [4.69, 9.17) is 4.84 Å². The maximum Gasteiger partial charge on any atom is 0.435 e. The zero-order valence-electron chi connectivity index (χ0n) is 16.8. The van der Waals surface area contributed by atoms with E-state index in [9.17, 15) is 31.1 Å². The number of carbonyl (C=O) groups excluding carboxylic acids is 1. The number of rotatable bonds is 4. The first-order valence-electron chi connectivity index (χ1n) is 9.75. The van der Waals surface area contributed by atoms with Gasteiger partial charge in [0.25, 0.3) is 11.5 Å². The Balaban J connectivity index is 1.58. The highest BCUT2D eigenvalue weighted by Gasteiger charge is 2.62. The third-order valence-corrected chi connectivity index (χ3v) is 5.33. The van der Waals surface area contributed by atoms with Crippen molar-refractivity contribution in [1.82, 2.24) is 5.32 Å². The van der Waals surface area contributed by atoms with Gasteiger partial charge in [-0.25, -0.2) is 0 Å². The smallest absolute Gasteiger partial charge is 0.374 e. The van der Waals surface area contributed by atoms with Gasteiger partial charge in [0.05, 0.1) is 5.71 Å². The number of alkyl halides is 6. The summed E-state index contributed by atoms with van der Waals surface area (Å²) in [6.45, 7) is -1.49. The molecule has 0 saturated carbocycles. The zero-order valence-corrected chi connectivity index (χ0v) is 16.8. The fourth-order valence-electron chi connectivity index (χ4n) is 3.60. The molecule has 4 nitrogen and oxygen atoms in total. The highest BCUT2D eigenvalue weighted by molar-refractivity contribution is 6.03. The molecule has 0 aromatic heterocycles. The van der Waals surface area contributed by atoms with Crippen molar-refractivity contribution in [3.63, 3.8) is 0 Å². The van der Waals surface area contributed by atoms with Crippen LogP contribution in [0.4, 0.5) is 26.3 Å². The molecule has 172 valence electrons. The van der Waals surface area contributed by atoms with Crippen molar-refractivity contribution in [3.05, 3.63) is 83.4 Å². The average Bonchev–Trinajstić information content (AvgIpc) is 3.24. The van der Waals surface area contributed by atoms with Crippen LogP contribution >= 0.6 is 0 Å². The van der Waals surface area contributed by atoms with Gasteiger partial charge >= 0.3 is 12.4 Å². The van der Waals surface area contributed by atoms with Gasteiger partial charge in [0.2, 0.25) is 0 Å². The Morgan fingerprint density at radius 3 is 2.24 bits per heavy atom. The first-order valence-corrected chi connectivity index (χ1v) is 9.75. The molecular weight excluding hydrogens is 450 g/mol. The lowest BCUT2D eigenvalue weighted by atomic mass is 9.85. The van der Waals surface area contributed by atoms with Gasteiger partial charge in [-0.3, -0.25) is 4.79 Å². The van der Waals surface area contributed by atoms with Crippen LogP contribution in [0.5, 0.6) is 0 Å². The van der Waals surface area contributed by atoms with Gasteiger partial charge in [0, 0.05) is 17.5 Å². The van der Waals surface area contributed by atoms with E-state index in [1.165, 1.54) is 36.4 Å². The van der Waals surface area contributed by atoms with Gasteiger partial charge in [-0.1, -0.05) is 53.7 Å². The predicted octanol–water partition coefficient (Wildman–Crippen LogP) is 5.71. The Kier molecular flexibility index (Phi) is 5.55. The number of hydrogen-bond acceptors (Lipinski definition) is 3. The Morgan fingerprint density at radius 1 is 0.939 bits per heavy atom. The average molecular weight is 466 g/mol. The molecule has 0 aliphatic carbocycles. The molecule has 1 heterocycles. The van der Waals surface area contributed by atoms with Crippen molar-refractivity contribution in [2.45, 2.75) is 24.4 Å². The first kappa shape index (κ1) is 22.6. The maximum absolute atomic E-state index is 14.2. The molecule has 3 aromatic rings. The van der Waals surface area contributed by atoms with Gasteiger partial charge in [0.1, 0.15) is 6.54 Å². The lowest BCUT2D eigenvalue weighted by Gasteiger charge is -2.29. The number of oxime groups is 1. The molecule has 1 N–H and O–H groups in total. The molecule has 1 aliphatic rings. The van der Waals surface area contributed by atoms with Crippen LogP contribution in [-0.4, -0.2) is 30.5 Å². The summed E-state index contributed by atoms with van der Waals surface area (Å²) in [4.78, 5) is 16.9. The molecule has 10 heteroatoms. The normalized spacial score (nSPS) is 18.7. The van der Waals surface area contributed by atoms with Crippen molar-refractivity contribution in [1.29, 1.82) is 0 Å². The van der Waals surface area contributed by atoms with Crippen LogP contribution in [0.15, 0.2) is 71.9 Å². The van der Waals surface area contributed by atoms with Crippen LogP contribution in [0.1, 0.15) is 27.9 Å². The minimum atomic E-state index is -4.78. The Bertz CT molecular complexity index is 1220. The standard InChI is InChI=1S/C23H16F6N2O2/c24-22(25,26)13-30-20(32)16-7-5-15(6-8-16)19-12-21(33-31-19,23(27,28)29)18-10-9-14-3-1-2-4-17(14)11-18/h1-11H,12-13H2,(H,30,32). The molecular formula is C23H16F6N2O2. The van der Waals surface area contributed by atoms with E-state index in [1.54, 1.807) is 35.6 Å². The highest BCUT2D eigenvalue weighted by Crippen LogP contribution is 2.49. The summed E-state index contributed by atoms with van der Waals surface area (Å²) < 4.78 is 79.4. The number of fused-ring (bicyclic) bond motifs is 1. The van der Waals surface area contributed by atoms with Crippen LogP contribution < -0.4 is 5.32 Å². The number of nitrogens with one attached hydrogen (secondary N) is 1. The molecule has 0 fully saturated rings. The second kappa shape index (κ2) is 8.09. The van der Waals surface area contributed by atoms with Gasteiger partial charge in [-0.2, -0.15) is 26.3 Å². The number of benzene rings is 3. The van der Waals surface area contributed by atoms with E-state index in [2.05, 4.69) is 5.16 Å². The molecule has 1 unspecified atom stereocenters. The molecule has 0 bridgehead atoms. The summed E-state index contributed by atoms with van der Waals surface area (Å²) in [6, 6.07) is 16.4. The third kappa shape index (κ3) is 4.50. The third-order valence-electron chi connectivity index (χ3n) is 5.33. The van der Waals surface area contributed by atoms with E-state index in [0.717, 1.165) is 5.39 Å². The van der Waals surface area contributed by atoms with Crippen molar-refractivity contribution in [3.8, 4) is 0 Å². The minimum Gasteiger partial charge on any atom is -0.374 e. The van der Waals surface area contributed by atoms with E-state index in [0.29, 0.717) is 5.39 Å². The summed E-state index contributed by atoms with van der Waals surface area (Å²) >= 11 is 0. The van der Waals surface area contributed by atoms with Crippen molar-refractivity contribution in [2.24, 2.45) is 5.16 Å². The number of halogens is 6. The van der Waals surface area contributed by atoms with E-state index >= 15 is 0 Å². The van der Waals surface area contributed by atoms with Gasteiger partial charge in [0.15, 0.2) is 0 Å². The van der Waals surface area contributed by atoms with Gasteiger partial charge < -0.3 is 10.2 Å². The predicted molar refractivity (Wildman–Crippen MR) is 109 cm³/mol. The van der Waals surface area contributed by atoms with E-state index in [1.807, 2.05) is 0 Å². The summed E-state index contributed by atoms with van der Waals surface area (Å²) in [5.74, 6) is -0.954. The number of amides is 1. The summed E-state index contributed by atoms with van der Waals surface area (Å²) in [6.07, 6.45) is -9.94. The van der Waals surface area contributed by atoms with Crippen molar-refractivity contribution < 1.29 is 36.0 Å². The molecule has 1 atom stereocenters.